The minimum Gasteiger partial charge on any atom is -0.357 e. The van der Waals surface area contributed by atoms with Crippen LogP contribution in [0.5, 0.6) is 0 Å². The van der Waals surface area contributed by atoms with E-state index in [1.165, 1.54) is 23.4 Å². The van der Waals surface area contributed by atoms with Gasteiger partial charge in [0, 0.05) is 39.4 Å². The van der Waals surface area contributed by atoms with E-state index >= 15 is 0 Å². The highest BCUT2D eigenvalue weighted by Crippen LogP contribution is 2.12. The molecule has 0 amide bonds. The van der Waals surface area contributed by atoms with E-state index in [1.807, 2.05) is 25.7 Å². The second-order valence-electron chi connectivity index (χ2n) is 6.24. The molecule has 0 aliphatic heterocycles. The van der Waals surface area contributed by atoms with E-state index in [4.69, 9.17) is 4.99 Å². The number of aromatic nitrogens is 2. The molecule has 26 heavy (non-hydrogen) atoms. The van der Waals surface area contributed by atoms with Crippen molar-refractivity contribution in [2.75, 3.05) is 20.1 Å². The lowest BCUT2D eigenvalue weighted by Gasteiger charge is -2.22. The molecule has 1 heterocycles. The molecule has 0 radical (unpaired) electrons. The van der Waals surface area contributed by atoms with E-state index in [-0.39, 0.29) is 29.8 Å². The van der Waals surface area contributed by atoms with Crippen molar-refractivity contribution < 1.29 is 4.39 Å². The second-order valence-corrected chi connectivity index (χ2v) is 6.24. The Bertz CT molecular complexity index is 724. The first-order valence-corrected chi connectivity index (χ1v) is 8.65. The Labute approximate surface area is 172 Å². The highest BCUT2D eigenvalue weighted by molar-refractivity contribution is 14.0. The number of nitrogens with one attached hydrogen (secondary N) is 1. The summed E-state index contributed by atoms with van der Waals surface area (Å²) in [5, 5.41) is 7.77. The highest BCUT2D eigenvalue weighted by Gasteiger charge is 2.10. The van der Waals surface area contributed by atoms with Gasteiger partial charge in [-0.1, -0.05) is 12.1 Å². The minimum absolute atomic E-state index is 0. The molecule has 5 nitrogen and oxygen atoms in total. The molecule has 1 aromatic carbocycles. The zero-order valence-corrected chi connectivity index (χ0v) is 18.5. The number of rotatable bonds is 6. The van der Waals surface area contributed by atoms with Gasteiger partial charge in [0.1, 0.15) is 5.82 Å². The van der Waals surface area contributed by atoms with Gasteiger partial charge in [-0.15, -0.1) is 24.0 Å². The molecule has 0 spiro atoms. The molecule has 0 bridgehead atoms. The fraction of sp³-hybridized carbons (Fsp3) is 0.474. The van der Waals surface area contributed by atoms with Gasteiger partial charge in [0.15, 0.2) is 5.96 Å². The molecule has 0 aliphatic carbocycles. The smallest absolute Gasteiger partial charge is 0.193 e. The molecule has 0 atom stereocenters. The molecule has 7 heteroatoms. The van der Waals surface area contributed by atoms with E-state index in [0.29, 0.717) is 13.1 Å². The van der Waals surface area contributed by atoms with Crippen molar-refractivity contribution in [3.05, 3.63) is 52.6 Å². The van der Waals surface area contributed by atoms with E-state index in [1.54, 1.807) is 12.1 Å². The van der Waals surface area contributed by atoms with Gasteiger partial charge < -0.3 is 10.2 Å². The van der Waals surface area contributed by atoms with E-state index in [2.05, 4.69) is 29.2 Å². The number of nitrogens with zero attached hydrogens (tertiary/aromatic N) is 4. The van der Waals surface area contributed by atoms with Crippen LogP contribution in [0.3, 0.4) is 0 Å². The monoisotopic (exact) mass is 473 g/mol. The summed E-state index contributed by atoms with van der Waals surface area (Å²) in [6.07, 6.45) is 0.866. The third kappa shape index (κ3) is 5.96. The van der Waals surface area contributed by atoms with Crippen molar-refractivity contribution in [3.63, 3.8) is 0 Å². The summed E-state index contributed by atoms with van der Waals surface area (Å²) in [5.74, 6) is 0.639. The summed E-state index contributed by atoms with van der Waals surface area (Å²) in [6, 6.07) is 6.58. The number of benzene rings is 1. The molecule has 2 rings (SSSR count). The van der Waals surface area contributed by atoms with Crippen LogP contribution < -0.4 is 5.32 Å². The van der Waals surface area contributed by atoms with Gasteiger partial charge in [0.05, 0.1) is 5.69 Å². The number of hydrogen-bond acceptors (Lipinski definition) is 2. The zero-order chi connectivity index (χ0) is 18.4. The Hall–Kier alpha value is -1.64. The summed E-state index contributed by atoms with van der Waals surface area (Å²) in [6.45, 7) is 8.36. The van der Waals surface area contributed by atoms with Crippen LogP contribution in [0.4, 0.5) is 4.39 Å². The molecule has 2 aromatic rings. The van der Waals surface area contributed by atoms with Crippen molar-refractivity contribution in [2.24, 2.45) is 12.0 Å². The van der Waals surface area contributed by atoms with Crippen LogP contribution in [-0.2, 0) is 20.0 Å². The number of hydrogen-bond donors (Lipinski definition) is 1. The van der Waals surface area contributed by atoms with Crippen molar-refractivity contribution in [3.8, 4) is 0 Å². The van der Waals surface area contributed by atoms with Crippen molar-refractivity contribution in [1.29, 1.82) is 0 Å². The van der Waals surface area contributed by atoms with Gasteiger partial charge >= 0.3 is 0 Å². The predicted molar refractivity (Wildman–Crippen MR) is 116 cm³/mol. The molecule has 0 saturated carbocycles. The minimum atomic E-state index is -0.214. The number of aryl methyl sites for hydroxylation is 2. The number of guanidine groups is 1. The average molecular weight is 473 g/mol. The summed E-state index contributed by atoms with van der Waals surface area (Å²) < 4.78 is 15.0. The normalized spacial score (nSPS) is 11.2. The maximum absolute atomic E-state index is 13.0. The lowest BCUT2D eigenvalue weighted by atomic mass is 10.1. The van der Waals surface area contributed by atoms with Crippen LogP contribution in [0.25, 0.3) is 0 Å². The lowest BCUT2D eigenvalue weighted by Crippen LogP contribution is -2.38. The van der Waals surface area contributed by atoms with Crippen molar-refractivity contribution in [1.82, 2.24) is 20.0 Å². The van der Waals surface area contributed by atoms with E-state index < -0.39 is 0 Å². The van der Waals surface area contributed by atoms with Crippen molar-refractivity contribution in [2.45, 2.75) is 33.7 Å². The molecular weight excluding hydrogens is 444 g/mol. The molecule has 144 valence electrons. The maximum Gasteiger partial charge on any atom is 0.193 e. The molecule has 1 aromatic heterocycles. The second kappa shape index (κ2) is 10.5. The first kappa shape index (κ1) is 22.4. The van der Waals surface area contributed by atoms with Gasteiger partial charge in [-0.3, -0.25) is 9.67 Å². The van der Waals surface area contributed by atoms with Crippen LogP contribution in [0.1, 0.15) is 29.4 Å². The average Bonchev–Trinajstić information content (AvgIpc) is 2.82. The van der Waals surface area contributed by atoms with Crippen LogP contribution in [0.2, 0.25) is 0 Å². The Morgan fingerprint density at radius 1 is 1.27 bits per heavy atom. The first-order valence-electron chi connectivity index (χ1n) is 8.65. The van der Waals surface area contributed by atoms with Crippen LogP contribution in [0, 0.1) is 19.7 Å². The summed E-state index contributed by atoms with van der Waals surface area (Å²) in [4.78, 5) is 6.79. The van der Waals surface area contributed by atoms with E-state index in [9.17, 15) is 4.39 Å². The fourth-order valence-corrected chi connectivity index (χ4v) is 2.86. The molecule has 0 saturated heterocycles. The van der Waals surface area contributed by atoms with Gasteiger partial charge in [0.2, 0.25) is 0 Å². The van der Waals surface area contributed by atoms with Crippen LogP contribution >= 0.6 is 24.0 Å². The topological polar surface area (TPSA) is 45.5 Å². The largest absolute Gasteiger partial charge is 0.357 e. The Kier molecular flexibility index (Phi) is 9.04. The van der Waals surface area contributed by atoms with Gasteiger partial charge in [-0.25, -0.2) is 4.39 Å². The van der Waals surface area contributed by atoms with Gasteiger partial charge in [0.25, 0.3) is 0 Å². The summed E-state index contributed by atoms with van der Waals surface area (Å²) in [7, 11) is 3.96. The predicted octanol–water partition coefficient (Wildman–Crippen LogP) is 3.43. The Morgan fingerprint density at radius 3 is 2.46 bits per heavy atom. The van der Waals surface area contributed by atoms with Crippen LogP contribution in [-0.4, -0.2) is 40.8 Å². The van der Waals surface area contributed by atoms with Gasteiger partial charge in [-0.2, -0.15) is 5.10 Å². The Balaban J connectivity index is 0.00000338. The quantitative estimate of drug-likeness (QED) is 0.397. The number of halogens is 2. The Morgan fingerprint density at radius 2 is 1.92 bits per heavy atom. The molecular formula is C19H29FIN5. The summed E-state index contributed by atoms with van der Waals surface area (Å²) >= 11 is 0. The fourth-order valence-electron chi connectivity index (χ4n) is 2.86. The molecule has 0 aliphatic rings. The van der Waals surface area contributed by atoms with Gasteiger partial charge in [-0.05, 0) is 50.5 Å². The third-order valence-electron chi connectivity index (χ3n) is 4.31. The third-order valence-corrected chi connectivity index (χ3v) is 4.31. The SMILES string of the molecule is CCNC(=NCCc1c(C)nn(C)c1C)N(C)Cc1ccc(F)cc1.I. The first-order chi connectivity index (χ1) is 11.9. The van der Waals surface area contributed by atoms with E-state index in [0.717, 1.165) is 30.2 Å². The summed E-state index contributed by atoms with van der Waals surface area (Å²) in [5.41, 5.74) is 4.58. The molecule has 1 N–H and O–H groups in total. The molecule has 0 fully saturated rings. The maximum atomic E-state index is 13.0. The number of aliphatic imine (C=N–C) groups is 1. The highest BCUT2D eigenvalue weighted by atomic mass is 127. The zero-order valence-electron chi connectivity index (χ0n) is 16.2. The standard InChI is InChI=1S/C19H28FN5.HI/c1-6-21-19(24(4)13-16-7-9-17(20)10-8-16)22-12-11-18-14(2)23-25(5)15(18)3;/h7-10H,6,11-13H2,1-5H3,(H,21,22);1H. The molecule has 0 unspecified atom stereocenters. The van der Waals surface area contributed by atoms with Crippen molar-refractivity contribution >= 4 is 29.9 Å². The van der Waals surface area contributed by atoms with Crippen LogP contribution in [0.15, 0.2) is 29.3 Å². The lowest BCUT2D eigenvalue weighted by molar-refractivity contribution is 0.476.